The summed E-state index contributed by atoms with van der Waals surface area (Å²) in [6.07, 6.45) is 6.78. The fourth-order valence-corrected chi connectivity index (χ4v) is 1.69. The lowest BCUT2D eigenvalue weighted by Gasteiger charge is -2.08. The van der Waals surface area contributed by atoms with Crippen LogP contribution in [0.25, 0.3) is 0 Å². The third kappa shape index (κ3) is 3.83. The molecule has 0 aliphatic rings. The molecular formula is C11H10Cl3N. The molecule has 0 saturated heterocycles. The lowest BCUT2D eigenvalue weighted by atomic mass is 10.3. The molecule has 0 heterocycles. The molecule has 0 aromatic heterocycles. The topological polar surface area (TPSA) is 12.0 Å². The van der Waals surface area contributed by atoms with Crippen molar-refractivity contribution in [2.24, 2.45) is 0 Å². The zero-order valence-electron chi connectivity index (χ0n) is 7.99. The zero-order chi connectivity index (χ0) is 11.3. The van der Waals surface area contributed by atoms with Crippen LogP contribution < -0.4 is 5.32 Å². The van der Waals surface area contributed by atoms with Gasteiger partial charge in [0.2, 0.25) is 0 Å². The van der Waals surface area contributed by atoms with Crippen LogP contribution in [0.2, 0.25) is 15.1 Å². The number of terminal acetylenes is 1. The second kappa shape index (κ2) is 6.12. The van der Waals surface area contributed by atoms with Gasteiger partial charge in [0.1, 0.15) is 0 Å². The first-order valence-electron chi connectivity index (χ1n) is 4.47. The van der Waals surface area contributed by atoms with Gasteiger partial charge in [-0.1, -0.05) is 34.8 Å². The molecule has 0 aliphatic heterocycles. The highest BCUT2D eigenvalue weighted by Crippen LogP contribution is 2.32. The number of nitrogens with one attached hydrogen (secondary N) is 1. The maximum absolute atomic E-state index is 5.97. The molecule has 0 unspecified atom stereocenters. The third-order valence-electron chi connectivity index (χ3n) is 1.82. The number of benzene rings is 1. The van der Waals surface area contributed by atoms with Gasteiger partial charge in [0.15, 0.2) is 0 Å². The van der Waals surface area contributed by atoms with E-state index in [9.17, 15) is 0 Å². The highest BCUT2D eigenvalue weighted by Gasteiger charge is 2.04. The van der Waals surface area contributed by atoms with Crippen molar-refractivity contribution in [3.8, 4) is 12.3 Å². The Morgan fingerprint density at radius 3 is 2.47 bits per heavy atom. The fraction of sp³-hybridized carbons (Fsp3) is 0.273. The van der Waals surface area contributed by atoms with E-state index in [-0.39, 0.29) is 0 Å². The molecule has 1 rings (SSSR count). The van der Waals surface area contributed by atoms with Gasteiger partial charge in [-0.3, -0.25) is 0 Å². The highest BCUT2D eigenvalue weighted by atomic mass is 35.5. The van der Waals surface area contributed by atoms with Crippen LogP contribution in [-0.4, -0.2) is 6.54 Å². The molecule has 4 heteroatoms. The molecule has 0 spiro atoms. The Labute approximate surface area is 105 Å². The number of hydrogen-bond donors (Lipinski definition) is 1. The molecule has 0 aliphatic carbocycles. The lowest BCUT2D eigenvalue weighted by molar-refractivity contribution is 0.907. The minimum Gasteiger partial charge on any atom is -0.384 e. The van der Waals surface area contributed by atoms with Crippen molar-refractivity contribution in [1.82, 2.24) is 0 Å². The van der Waals surface area contributed by atoms with Crippen molar-refractivity contribution < 1.29 is 0 Å². The monoisotopic (exact) mass is 261 g/mol. The van der Waals surface area contributed by atoms with Gasteiger partial charge < -0.3 is 5.32 Å². The summed E-state index contributed by atoms with van der Waals surface area (Å²) in [5, 5.41) is 4.65. The molecule has 0 bridgehead atoms. The molecule has 15 heavy (non-hydrogen) atoms. The minimum atomic E-state index is 0.454. The number of hydrogen-bond acceptors (Lipinski definition) is 1. The normalized spacial score (nSPS) is 9.73. The van der Waals surface area contributed by atoms with Gasteiger partial charge in [-0.2, -0.15) is 0 Å². The van der Waals surface area contributed by atoms with Crippen LogP contribution in [0.5, 0.6) is 0 Å². The van der Waals surface area contributed by atoms with Crippen LogP contribution in [0.3, 0.4) is 0 Å². The lowest BCUT2D eigenvalue weighted by Crippen LogP contribution is -2.01. The van der Waals surface area contributed by atoms with E-state index in [1.807, 2.05) is 0 Å². The summed E-state index contributed by atoms with van der Waals surface area (Å²) >= 11 is 17.6. The Kier molecular flexibility index (Phi) is 5.11. The van der Waals surface area contributed by atoms with Crippen molar-refractivity contribution in [1.29, 1.82) is 0 Å². The van der Waals surface area contributed by atoms with Gasteiger partial charge in [0.05, 0.1) is 20.8 Å². The first-order chi connectivity index (χ1) is 7.15. The van der Waals surface area contributed by atoms with E-state index >= 15 is 0 Å². The molecule has 1 nitrogen and oxygen atoms in total. The predicted octanol–water partition coefficient (Wildman–Crippen LogP) is 4.47. The average Bonchev–Trinajstić information content (AvgIpc) is 2.20. The van der Waals surface area contributed by atoms with Crippen molar-refractivity contribution in [3.63, 3.8) is 0 Å². The average molecular weight is 263 g/mol. The van der Waals surface area contributed by atoms with E-state index < -0.39 is 0 Å². The molecule has 0 radical (unpaired) electrons. The number of halogens is 3. The zero-order valence-corrected chi connectivity index (χ0v) is 10.3. The predicted molar refractivity (Wildman–Crippen MR) is 68.0 cm³/mol. The van der Waals surface area contributed by atoms with Crippen LogP contribution in [0.1, 0.15) is 12.8 Å². The van der Waals surface area contributed by atoms with E-state index in [1.54, 1.807) is 12.1 Å². The second-order valence-corrected chi connectivity index (χ2v) is 4.20. The van der Waals surface area contributed by atoms with Gasteiger partial charge >= 0.3 is 0 Å². The van der Waals surface area contributed by atoms with Gasteiger partial charge in [-0.05, 0) is 18.6 Å². The summed E-state index contributed by atoms with van der Waals surface area (Å²) in [6.45, 7) is 0.766. The van der Waals surface area contributed by atoms with E-state index in [0.29, 0.717) is 15.1 Å². The quantitative estimate of drug-likeness (QED) is 0.479. The van der Waals surface area contributed by atoms with E-state index in [0.717, 1.165) is 25.1 Å². The molecule has 80 valence electrons. The molecule has 0 saturated carbocycles. The standard InChI is InChI=1S/C11H10Cl3N/c1-2-3-4-5-15-11-7-9(13)8(12)6-10(11)14/h1,6-7,15H,3-5H2. The largest absolute Gasteiger partial charge is 0.384 e. The van der Waals surface area contributed by atoms with Gasteiger partial charge in [0.25, 0.3) is 0 Å². The van der Waals surface area contributed by atoms with Crippen molar-refractivity contribution in [3.05, 3.63) is 27.2 Å². The van der Waals surface area contributed by atoms with Crippen LogP contribution in [0, 0.1) is 12.3 Å². The maximum atomic E-state index is 5.97. The summed E-state index contributed by atoms with van der Waals surface area (Å²) in [5.41, 5.74) is 0.781. The fourth-order valence-electron chi connectivity index (χ4n) is 1.07. The first kappa shape index (κ1) is 12.5. The maximum Gasteiger partial charge on any atom is 0.0653 e. The molecule has 0 atom stereocenters. The van der Waals surface area contributed by atoms with Crippen LogP contribution in [0.15, 0.2) is 12.1 Å². The van der Waals surface area contributed by atoms with Crippen molar-refractivity contribution in [2.45, 2.75) is 12.8 Å². The summed E-state index contributed by atoms with van der Waals surface area (Å²) in [6, 6.07) is 3.33. The number of unbranched alkanes of at least 4 members (excludes halogenated alkanes) is 1. The smallest absolute Gasteiger partial charge is 0.0653 e. The first-order valence-corrected chi connectivity index (χ1v) is 5.60. The summed E-state index contributed by atoms with van der Waals surface area (Å²) in [4.78, 5) is 0. The Morgan fingerprint density at radius 1 is 1.13 bits per heavy atom. The molecule has 0 amide bonds. The summed E-state index contributed by atoms with van der Waals surface area (Å²) < 4.78 is 0. The minimum absolute atomic E-state index is 0.454. The Balaban J connectivity index is 2.62. The third-order valence-corrected chi connectivity index (χ3v) is 2.86. The summed E-state index contributed by atoms with van der Waals surface area (Å²) in [5.74, 6) is 2.57. The van der Waals surface area contributed by atoms with E-state index in [1.165, 1.54) is 0 Å². The Bertz CT molecular complexity index is 382. The highest BCUT2D eigenvalue weighted by molar-refractivity contribution is 6.44. The number of rotatable bonds is 4. The van der Waals surface area contributed by atoms with Gasteiger partial charge in [-0.15, -0.1) is 12.3 Å². The van der Waals surface area contributed by atoms with Crippen LogP contribution in [0.4, 0.5) is 5.69 Å². The molecule has 1 aromatic carbocycles. The van der Waals surface area contributed by atoms with Gasteiger partial charge in [-0.25, -0.2) is 0 Å². The van der Waals surface area contributed by atoms with Crippen molar-refractivity contribution >= 4 is 40.5 Å². The molecule has 0 fully saturated rings. The summed E-state index contributed by atoms with van der Waals surface area (Å²) in [7, 11) is 0. The number of anilines is 1. The van der Waals surface area contributed by atoms with Crippen LogP contribution >= 0.6 is 34.8 Å². The molecular weight excluding hydrogens is 252 g/mol. The Morgan fingerprint density at radius 2 is 1.80 bits per heavy atom. The SMILES string of the molecule is C#CCCCNc1cc(Cl)c(Cl)cc1Cl. The van der Waals surface area contributed by atoms with E-state index in [4.69, 9.17) is 41.2 Å². The van der Waals surface area contributed by atoms with Crippen molar-refractivity contribution in [2.75, 3.05) is 11.9 Å². The van der Waals surface area contributed by atoms with E-state index in [2.05, 4.69) is 11.2 Å². The molecule has 1 N–H and O–H groups in total. The van der Waals surface area contributed by atoms with Crippen LogP contribution in [-0.2, 0) is 0 Å². The second-order valence-electron chi connectivity index (χ2n) is 2.98. The molecule has 1 aromatic rings. The Hall–Kier alpha value is -0.550. The van der Waals surface area contributed by atoms with Gasteiger partial charge in [0, 0.05) is 13.0 Å².